The molecule has 0 unspecified atom stereocenters. The summed E-state index contributed by atoms with van der Waals surface area (Å²) in [4.78, 5) is 18.6. The first-order valence-corrected chi connectivity index (χ1v) is 11.8. The quantitative estimate of drug-likeness (QED) is 0.318. The fourth-order valence-electron chi connectivity index (χ4n) is 3.95. The molecule has 0 aliphatic carbocycles. The molecule has 0 bridgehead atoms. The number of hydrogen-bond acceptors (Lipinski definition) is 8. The van der Waals surface area contributed by atoms with Crippen LogP contribution >= 0.6 is 0 Å². The molecule has 0 spiro atoms. The fraction of sp³-hybridized carbons (Fsp3) is 0.222. The van der Waals surface area contributed by atoms with Crippen LogP contribution in [0, 0.1) is 6.92 Å². The number of benzene rings is 1. The number of nitrogens with one attached hydrogen (secondary N) is 1. The van der Waals surface area contributed by atoms with Crippen molar-refractivity contribution < 1.29 is 5.11 Å². The van der Waals surface area contributed by atoms with Gasteiger partial charge < -0.3 is 16.2 Å². The summed E-state index contributed by atoms with van der Waals surface area (Å²) in [6, 6.07) is 17.4. The minimum atomic E-state index is -1.02. The third-order valence-corrected chi connectivity index (χ3v) is 5.84. The van der Waals surface area contributed by atoms with Gasteiger partial charge in [-0.05, 0) is 57.2 Å². The average Bonchev–Trinajstić information content (AvgIpc) is 3.30. The Morgan fingerprint density at radius 2 is 1.89 bits per heavy atom. The van der Waals surface area contributed by atoms with Crippen LogP contribution in [0.5, 0.6) is 0 Å². The first kappa shape index (κ1) is 23.4. The number of hydrogen-bond donors (Lipinski definition) is 3. The van der Waals surface area contributed by atoms with E-state index in [1.807, 2.05) is 55.6 Å². The van der Waals surface area contributed by atoms with Crippen molar-refractivity contribution in [2.45, 2.75) is 32.8 Å². The first-order valence-electron chi connectivity index (χ1n) is 11.8. The molecule has 4 aromatic heterocycles. The lowest BCUT2D eigenvalue weighted by molar-refractivity contribution is 0.0740. The molecule has 5 rings (SSSR count). The highest BCUT2D eigenvalue weighted by atomic mass is 16.3. The zero-order valence-corrected chi connectivity index (χ0v) is 20.5. The van der Waals surface area contributed by atoms with E-state index < -0.39 is 5.60 Å². The maximum atomic E-state index is 10.2. The molecular formula is C27H28N8O. The van der Waals surface area contributed by atoms with E-state index >= 15 is 0 Å². The van der Waals surface area contributed by atoms with Gasteiger partial charge in [-0.3, -0.25) is 4.98 Å². The van der Waals surface area contributed by atoms with Gasteiger partial charge in [0.25, 0.3) is 0 Å². The van der Waals surface area contributed by atoms with Crippen molar-refractivity contribution in [2.75, 3.05) is 17.6 Å². The summed E-state index contributed by atoms with van der Waals surface area (Å²) in [5, 5.41) is 19.1. The number of fused-ring (bicyclic) bond motifs is 1. The number of anilines is 2. The lowest BCUT2D eigenvalue weighted by Gasteiger charge is -2.17. The number of rotatable bonds is 7. The van der Waals surface area contributed by atoms with E-state index in [2.05, 4.69) is 26.4 Å². The van der Waals surface area contributed by atoms with Crippen molar-refractivity contribution in [3.63, 3.8) is 0 Å². The predicted molar refractivity (Wildman–Crippen MR) is 141 cm³/mol. The minimum absolute atomic E-state index is 0.351. The Bertz CT molecular complexity index is 1540. The molecule has 0 fully saturated rings. The normalized spacial score (nSPS) is 11.7. The van der Waals surface area contributed by atoms with E-state index in [1.54, 1.807) is 30.8 Å². The van der Waals surface area contributed by atoms with Gasteiger partial charge in [-0.1, -0.05) is 18.2 Å². The molecule has 0 atom stereocenters. The van der Waals surface area contributed by atoms with Gasteiger partial charge in [0.05, 0.1) is 22.6 Å². The van der Waals surface area contributed by atoms with Gasteiger partial charge >= 0.3 is 0 Å². The lowest BCUT2D eigenvalue weighted by atomic mass is 10.1. The van der Waals surface area contributed by atoms with Crippen molar-refractivity contribution in [3.8, 4) is 17.1 Å². The SMILES string of the molecule is Cc1ccn(-c2nc(N)c(CCNc3cccc(C(C)(C)O)n3)nc2-c2ccc3ncccc3c2)n1. The Balaban J connectivity index is 1.47. The van der Waals surface area contributed by atoms with Crippen LogP contribution < -0.4 is 11.1 Å². The van der Waals surface area contributed by atoms with E-state index in [0.29, 0.717) is 47.5 Å². The van der Waals surface area contributed by atoms with E-state index in [-0.39, 0.29) is 0 Å². The summed E-state index contributed by atoms with van der Waals surface area (Å²) in [6.45, 7) is 5.89. The molecule has 9 nitrogen and oxygen atoms in total. The highest BCUT2D eigenvalue weighted by molar-refractivity contribution is 5.85. The molecule has 4 N–H and O–H groups in total. The number of aryl methyl sites for hydroxylation is 1. The second kappa shape index (κ2) is 9.35. The lowest BCUT2D eigenvalue weighted by Crippen LogP contribution is -2.18. The van der Waals surface area contributed by atoms with Gasteiger partial charge in [0, 0.05) is 36.3 Å². The van der Waals surface area contributed by atoms with E-state index in [0.717, 1.165) is 22.2 Å². The molecule has 0 aliphatic rings. The Morgan fingerprint density at radius 1 is 1.03 bits per heavy atom. The topological polar surface area (TPSA) is 128 Å². The highest BCUT2D eigenvalue weighted by Gasteiger charge is 2.19. The summed E-state index contributed by atoms with van der Waals surface area (Å²) < 4.78 is 1.70. The zero-order valence-electron chi connectivity index (χ0n) is 20.5. The summed E-state index contributed by atoms with van der Waals surface area (Å²) >= 11 is 0. The van der Waals surface area contributed by atoms with E-state index in [9.17, 15) is 5.11 Å². The summed E-state index contributed by atoms with van der Waals surface area (Å²) in [5.74, 6) is 1.59. The highest BCUT2D eigenvalue weighted by Crippen LogP contribution is 2.28. The summed E-state index contributed by atoms with van der Waals surface area (Å²) in [5.41, 5.74) is 9.99. The van der Waals surface area contributed by atoms with Crippen molar-refractivity contribution in [3.05, 3.63) is 84.1 Å². The van der Waals surface area contributed by atoms with Crippen LogP contribution in [-0.2, 0) is 12.0 Å². The molecule has 0 saturated heterocycles. The summed E-state index contributed by atoms with van der Waals surface area (Å²) in [7, 11) is 0. The molecule has 4 heterocycles. The maximum Gasteiger partial charge on any atom is 0.182 e. The number of aliphatic hydroxyl groups is 1. The predicted octanol–water partition coefficient (Wildman–Crippen LogP) is 4.05. The second-order valence-corrected chi connectivity index (χ2v) is 9.18. The molecule has 5 aromatic rings. The molecular weight excluding hydrogens is 452 g/mol. The van der Waals surface area contributed by atoms with Crippen LogP contribution in [0.4, 0.5) is 11.6 Å². The molecule has 9 heteroatoms. The number of nitrogens with zero attached hydrogens (tertiary/aromatic N) is 6. The third-order valence-electron chi connectivity index (χ3n) is 5.84. The number of pyridine rings is 2. The Morgan fingerprint density at radius 3 is 2.67 bits per heavy atom. The summed E-state index contributed by atoms with van der Waals surface area (Å²) in [6.07, 6.45) is 4.17. The Kier molecular flexibility index (Phi) is 6.07. The Hall–Kier alpha value is -4.37. The molecule has 36 heavy (non-hydrogen) atoms. The standard InChI is InChI=1S/C27H28N8O/c1-17-12-15-35(34-17)26-24(19-9-10-20-18(16-19)6-5-13-29-20)31-21(25(28)33-26)11-14-30-23-8-4-7-22(32-23)27(2,3)36/h4-10,12-13,15-16,36H,11,14H2,1-3H3,(H2,28,33)(H,30,32). The number of nitrogen functional groups attached to an aromatic ring is 1. The van der Waals surface area contributed by atoms with Crippen molar-refractivity contribution in [2.24, 2.45) is 0 Å². The van der Waals surface area contributed by atoms with Crippen LogP contribution in [-0.4, -0.2) is 41.4 Å². The monoisotopic (exact) mass is 480 g/mol. The maximum absolute atomic E-state index is 10.2. The van der Waals surface area contributed by atoms with Crippen molar-refractivity contribution in [1.29, 1.82) is 0 Å². The van der Waals surface area contributed by atoms with Gasteiger partial charge in [-0.25, -0.2) is 19.6 Å². The molecule has 0 radical (unpaired) electrons. The third kappa shape index (κ3) is 4.87. The molecule has 1 aromatic carbocycles. The van der Waals surface area contributed by atoms with Crippen molar-refractivity contribution >= 4 is 22.5 Å². The van der Waals surface area contributed by atoms with Crippen LogP contribution in [0.3, 0.4) is 0 Å². The van der Waals surface area contributed by atoms with Gasteiger partial charge in [-0.2, -0.15) is 5.10 Å². The van der Waals surface area contributed by atoms with Crippen LogP contribution in [0.2, 0.25) is 0 Å². The smallest absolute Gasteiger partial charge is 0.182 e. The van der Waals surface area contributed by atoms with Gasteiger partial charge in [0.1, 0.15) is 22.9 Å². The number of aromatic nitrogens is 6. The molecule has 0 saturated carbocycles. The van der Waals surface area contributed by atoms with Gasteiger partial charge in [0.2, 0.25) is 0 Å². The molecule has 0 aliphatic heterocycles. The van der Waals surface area contributed by atoms with Gasteiger partial charge in [0.15, 0.2) is 5.82 Å². The van der Waals surface area contributed by atoms with E-state index in [1.165, 1.54) is 0 Å². The van der Waals surface area contributed by atoms with Crippen LogP contribution in [0.15, 0.2) is 67.0 Å². The average molecular weight is 481 g/mol. The van der Waals surface area contributed by atoms with E-state index in [4.69, 9.17) is 15.7 Å². The van der Waals surface area contributed by atoms with Gasteiger partial charge in [-0.15, -0.1) is 0 Å². The first-order chi connectivity index (χ1) is 17.3. The van der Waals surface area contributed by atoms with Crippen LogP contribution in [0.25, 0.3) is 28.0 Å². The zero-order chi connectivity index (χ0) is 25.3. The minimum Gasteiger partial charge on any atom is -0.384 e. The molecule has 182 valence electrons. The second-order valence-electron chi connectivity index (χ2n) is 9.18. The van der Waals surface area contributed by atoms with Crippen molar-refractivity contribution in [1.82, 2.24) is 29.7 Å². The van der Waals surface area contributed by atoms with Crippen LogP contribution in [0.1, 0.15) is 30.9 Å². The fourth-order valence-corrected chi connectivity index (χ4v) is 3.95. The Labute approximate surface area is 209 Å². The largest absolute Gasteiger partial charge is 0.384 e. The number of nitrogens with two attached hydrogens (primary N) is 1. The molecule has 0 amide bonds.